The van der Waals surface area contributed by atoms with E-state index in [4.69, 9.17) is 0 Å². The highest BCUT2D eigenvalue weighted by Gasteiger charge is 2.26. The van der Waals surface area contributed by atoms with Crippen LogP contribution in [0.15, 0.2) is 30.3 Å². The number of benzene rings is 1. The molecule has 0 saturated heterocycles. The number of likely N-dealkylation sites (N-methyl/N-ethyl adjacent to an activating group) is 1. The van der Waals surface area contributed by atoms with E-state index < -0.39 is 0 Å². The Morgan fingerprint density at radius 2 is 1.94 bits per heavy atom. The highest BCUT2D eigenvalue weighted by atomic mass is 15.2. The van der Waals surface area contributed by atoms with Gasteiger partial charge in [0, 0.05) is 19.1 Å². The quantitative estimate of drug-likeness (QED) is 0.692. The van der Waals surface area contributed by atoms with Gasteiger partial charge in [-0.05, 0) is 37.9 Å². The summed E-state index contributed by atoms with van der Waals surface area (Å²) in [6.07, 6.45) is 3.96. The molecule has 17 heavy (non-hydrogen) atoms. The average molecular weight is 232 g/mol. The zero-order chi connectivity index (χ0) is 11.9. The number of rotatable bonds is 8. The lowest BCUT2D eigenvalue weighted by Gasteiger charge is -2.19. The fourth-order valence-electron chi connectivity index (χ4n) is 2.26. The summed E-state index contributed by atoms with van der Waals surface area (Å²) in [7, 11) is 0. The zero-order valence-corrected chi connectivity index (χ0v) is 10.9. The molecule has 2 heteroatoms. The van der Waals surface area contributed by atoms with Gasteiger partial charge in [0.15, 0.2) is 0 Å². The first kappa shape index (κ1) is 12.6. The largest absolute Gasteiger partial charge is 0.315 e. The predicted octanol–water partition coefficient (Wildman–Crippen LogP) is 2.30. The Labute approximate surface area is 105 Å². The van der Waals surface area contributed by atoms with E-state index in [9.17, 15) is 0 Å². The Hall–Kier alpha value is -0.860. The van der Waals surface area contributed by atoms with Gasteiger partial charge >= 0.3 is 0 Å². The van der Waals surface area contributed by atoms with E-state index in [1.54, 1.807) is 0 Å². The van der Waals surface area contributed by atoms with E-state index in [2.05, 4.69) is 47.5 Å². The molecule has 0 bridgehead atoms. The van der Waals surface area contributed by atoms with Crippen LogP contribution in [-0.2, 0) is 6.42 Å². The van der Waals surface area contributed by atoms with Gasteiger partial charge < -0.3 is 5.32 Å². The maximum absolute atomic E-state index is 3.54. The molecular weight excluding hydrogens is 208 g/mol. The Morgan fingerprint density at radius 3 is 2.59 bits per heavy atom. The molecule has 1 fully saturated rings. The van der Waals surface area contributed by atoms with Crippen LogP contribution in [0.25, 0.3) is 0 Å². The predicted molar refractivity (Wildman–Crippen MR) is 73.3 cm³/mol. The van der Waals surface area contributed by atoms with Gasteiger partial charge in [-0.25, -0.2) is 0 Å². The molecule has 1 aliphatic rings. The fourth-order valence-corrected chi connectivity index (χ4v) is 2.26. The molecule has 1 aromatic rings. The van der Waals surface area contributed by atoms with Gasteiger partial charge in [-0.1, -0.05) is 37.3 Å². The minimum Gasteiger partial charge on any atom is -0.315 e. The van der Waals surface area contributed by atoms with E-state index in [0.717, 1.165) is 25.6 Å². The van der Waals surface area contributed by atoms with E-state index in [0.29, 0.717) is 0 Å². The van der Waals surface area contributed by atoms with Crippen molar-refractivity contribution in [1.29, 1.82) is 0 Å². The van der Waals surface area contributed by atoms with Crippen LogP contribution in [0, 0.1) is 0 Å². The summed E-state index contributed by atoms with van der Waals surface area (Å²) < 4.78 is 0. The lowest BCUT2D eigenvalue weighted by Crippen LogP contribution is -2.34. The van der Waals surface area contributed by atoms with Crippen LogP contribution in [0.4, 0.5) is 0 Å². The lowest BCUT2D eigenvalue weighted by molar-refractivity contribution is 0.277. The molecule has 2 nitrogen and oxygen atoms in total. The molecule has 0 heterocycles. The van der Waals surface area contributed by atoms with Gasteiger partial charge in [0.05, 0.1) is 0 Å². The maximum atomic E-state index is 3.54. The maximum Gasteiger partial charge on any atom is 0.0110 e. The van der Waals surface area contributed by atoms with Crippen LogP contribution in [0.1, 0.15) is 25.3 Å². The molecule has 94 valence electrons. The first-order chi connectivity index (χ1) is 8.40. The van der Waals surface area contributed by atoms with Crippen molar-refractivity contribution in [2.24, 2.45) is 0 Å². The normalized spacial score (nSPS) is 15.4. The van der Waals surface area contributed by atoms with Gasteiger partial charge in [-0.3, -0.25) is 4.90 Å². The molecular formula is C15H24N2. The first-order valence-corrected chi connectivity index (χ1v) is 6.89. The topological polar surface area (TPSA) is 15.3 Å². The van der Waals surface area contributed by atoms with Crippen molar-refractivity contribution in [3.8, 4) is 0 Å². The second-order valence-electron chi connectivity index (χ2n) is 4.85. The summed E-state index contributed by atoms with van der Waals surface area (Å²) in [5.74, 6) is 0. The minimum absolute atomic E-state index is 0.899. The van der Waals surface area contributed by atoms with Crippen LogP contribution >= 0.6 is 0 Å². The van der Waals surface area contributed by atoms with Gasteiger partial charge in [0.1, 0.15) is 0 Å². The molecule has 0 aromatic heterocycles. The van der Waals surface area contributed by atoms with Crippen molar-refractivity contribution in [3.63, 3.8) is 0 Å². The van der Waals surface area contributed by atoms with Gasteiger partial charge in [0.2, 0.25) is 0 Å². The molecule has 2 rings (SSSR count). The molecule has 0 spiro atoms. The summed E-state index contributed by atoms with van der Waals surface area (Å²) in [6, 6.07) is 11.6. The van der Waals surface area contributed by atoms with E-state index in [1.807, 2.05) is 0 Å². The first-order valence-electron chi connectivity index (χ1n) is 6.89. The second kappa shape index (κ2) is 6.77. The summed E-state index contributed by atoms with van der Waals surface area (Å²) in [6.45, 7) is 6.88. The third-order valence-electron chi connectivity index (χ3n) is 3.48. The standard InChI is InChI=1S/C15H24N2/c1-2-17(15-8-9-15)13-12-16-11-10-14-6-4-3-5-7-14/h3-7,15-16H,2,8-13H2,1H3. The molecule has 1 N–H and O–H groups in total. The highest BCUT2D eigenvalue weighted by Crippen LogP contribution is 2.25. The summed E-state index contributed by atoms with van der Waals surface area (Å²) >= 11 is 0. The van der Waals surface area contributed by atoms with Crippen molar-refractivity contribution >= 4 is 0 Å². The molecule has 0 amide bonds. The lowest BCUT2D eigenvalue weighted by atomic mass is 10.1. The minimum atomic E-state index is 0.899. The molecule has 1 aromatic carbocycles. The number of nitrogens with one attached hydrogen (secondary N) is 1. The number of nitrogens with zero attached hydrogens (tertiary/aromatic N) is 1. The molecule has 0 radical (unpaired) electrons. The van der Waals surface area contributed by atoms with Crippen LogP contribution in [0.3, 0.4) is 0 Å². The van der Waals surface area contributed by atoms with Gasteiger partial charge in [-0.15, -0.1) is 0 Å². The molecule has 1 aliphatic carbocycles. The van der Waals surface area contributed by atoms with Crippen LogP contribution in [-0.4, -0.2) is 37.1 Å². The third kappa shape index (κ3) is 4.49. The Bertz CT molecular complexity index is 306. The van der Waals surface area contributed by atoms with Crippen molar-refractivity contribution in [1.82, 2.24) is 10.2 Å². The van der Waals surface area contributed by atoms with Gasteiger partial charge in [0.25, 0.3) is 0 Å². The molecule has 0 atom stereocenters. The molecule has 0 unspecified atom stereocenters. The van der Waals surface area contributed by atoms with Gasteiger partial charge in [-0.2, -0.15) is 0 Å². The Kier molecular flexibility index (Phi) is 5.02. The highest BCUT2D eigenvalue weighted by molar-refractivity contribution is 5.14. The van der Waals surface area contributed by atoms with Crippen molar-refractivity contribution in [2.75, 3.05) is 26.2 Å². The van der Waals surface area contributed by atoms with E-state index >= 15 is 0 Å². The number of hydrogen-bond acceptors (Lipinski definition) is 2. The van der Waals surface area contributed by atoms with Crippen LogP contribution in [0.2, 0.25) is 0 Å². The van der Waals surface area contributed by atoms with Crippen molar-refractivity contribution < 1.29 is 0 Å². The zero-order valence-electron chi connectivity index (χ0n) is 10.9. The Morgan fingerprint density at radius 1 is 1.18 bits per heavy atom. The number of hydrogen-bond donors (Lipinski definition) is 1. The SMILES string of the molecule is CCN(CCNCCc1ccccc1)C1CC1. The monoisotopic (exact) mass is 232 g/mol. The fraction of sp³-hybridized carbons (Fsp3) is 0.600. The second-order valence-corrected chi connectivity index (χ2v) is 4.85. The summed E-state index contributed by atoms with van der Waals surface area (Å²) in [5.41, 5.74) is 1.43. The van der Waals surface area contributed by atoms with Crippen molar-refractivity contribution in [3.05, 3.63) is 35.9 Å². The smallest absolute Gasteiger partial charge is 0.0110 e. The van der Waals surface area contributed by atoms with Crippen LogP contribution < -0.4 is 5.32 Å². The van der Waals surface area contributed by atoms with E-state index in [1.165, 1.54) is 31.5 Å². The van der Waals surface area contributed by atoms with E-state index in [-0.39, 0.29) is 0 Å². The summed E-state index contributed by atoms with van der Waals surface area (Å²) in [4.78, 5) is 2.59. The van der Waals surface area contributed by atoms with Crippen LogP contribution in [0.5, 0.6) is 0 Å². The third-order valence-corrected chi connectivity index (χ3v) is 3.48. The summed E-state index contributed by atoms with van der Waals surface area (Å²) in [5, 5.41) is 3.54. The molecule has 0 aliphatic heterocycles. The molecule has 1 saturated carbocycles. The average Bonchev–Trinajstić information content (AvgIpc) is 3.19. The van der Waals surface area contributed by atoms with Crippen molar-refractivity contribution in [2.45, 2.75) is 32.2 Å². The Balaban J connectivity index is 1.54.